The minimum Gasteiger partial charge on any atom is -0.486 e. The van der Waals surface area contributed by atoms with Crippen LogP contribution in [0.5, 0.6) is 5.75 Å². The first-order chi connectivity index (χ1) is 9.70. The lowest BCUT2D eigenvalue weighted by Gasteiger charge is -2.06. The molecule has 1 aromatic heterocycles. The molecule has 0 atom stereocenters. The maximum absolute atomic E-state index is 5.88. The number of nitrogens with one attached hydrogen (secondary N) is 1. The van der Waals surface area contributed by atoms with Gasteiger partial charge >= 0.3 is 0 Å². The molecule has 0 fully saturated rings. The molecule has 0 unspecified atom stereocenters. The first-order valence-electron chi connectivity index (χ1n) is 7.14. The van der Waals surface area contributed by atoms with E-state index < -0.39 is 0 Å². The quantitative estimate of drug-likeness (QED) is 0.902. The van der Waals surface area contributed by atoms with E-state index in [0.29, 0.717) is 6.61 Å². The predicted molar refractivity (Wildman–Crippen MR) is 91.0 cm³/mol. The average Bonchev–Trinajstić information content (AvgIpc) is 2.65. The number of hydrogen-bond acceptors (Lipinski definition) is 4. The molecule has 0 spiro atoms. The third-order valence-corrected chi connectivity index (χ3v) is 4.51. The topological polar surface area (TPSA) is 34.1 Å². The molecule has 1 aliphatic heterocycles. The van der Waals surface area contributed by atoms with Crippen LogP contribution < -0.4 is 10.1 Å². The molecular weight excluding hydrogens is 304 g/mol. The highest BCUT2D eigenvalue weighted by Crippen LogP contribution is 2.28. The van der Waals surface area contributed by atoms with Crippen LogP contribution in [-0.2, 0) is 13.0 Å². The number of thiazole rings is 1. The zero-order chi connectivity index (χ0) is 13.9. The number of benzene rings is 1. The van der Waals surface area contributed by atoms with Crippen LogP contribution in [-0.4, -0.2) is 11.5 Å². The van der Waals surface area contributed by atoms with Gasteiger partial charge in [0.15, 0.2) is 0 Å². The molecule has 0 saturated heterocycles. The van der Waals surface area contributed by atoms with Crippen LogP contribution in [0.3, 0.4) is 0 Å². The number of nitrogens with zero attached hydrogens (tertiary/aromatic N) is 1. The van der Waals surface area contributed by atoms with Crippen molar-refractivity contribution in [1.82, 2.24) is 4.98 Å². The van der Waals surface area contributed by atoms with Crippen molar-refractivity contribution in [1.29, 1.82) is 0 Å². The Morgan fingerprint density at radius 2 is 1.95 bits per heavy atom. The van der Waals surface area contributed by atoms with E-state index in [0.717, 1.165) is 29.5 Å². The van der Waals surface area contributed by atoms with Crippen LogP contribution in [0.4, 0.5) is 5.82 Å². The number of ether oxygens (including phenoxy) is 1. The summed E-state index contributed by atoms with van der Waals surface area (Å²) in [5.41, 5.74) is 2.47. The summed E-state index contributed by atoms with van der Waals surface area (Å²) in [6.07, 6.45) is 3.63. The number of hydrogen-bond donors (Lipinski definition) is 1. The smallest absolute Gasteiger partial charge is 0.140 e. The van der Waals surface area contributed by atoms with E-state index in [2.05, 4.69) is 42.3 Å². The van der Waals surface area contributed by atoms with E-state index in [4.69, 9.17) is 4.74 Å². The Balaban J connectivity index is 0.00000161. The van der Waals surface area contributed by atoms with Gasteiger partial charge in [0.2, 0.25) is 0 Å². The van der Waals surface area contributed by atoms with Crippen molar-refractivity contribution in [3.8, 4) is 5.75 Å². The average molecular weight is 325 g/mol. The molecule has 21 heavy (non-hydrogen) atoms. The van der Waals surface area contributed by atoms with Crippen molar-refractivity contribution in [2.24, 2.45) is 0 Å². The maximum Gasteiger partial charge on any atom is 0.140 e. The summed E-state index contributed by atoms with van der Waals surface area (Å²) in [6.45, 7) is 5.78. The molecule has 0 saturated carbocycles. The molecule has 3 nitrogen and oxygen atoms in total. The van der Waals surface area contributed by atoms with E-state index in [-0.39, 0.29) is 12.4 Å². The molecule has 1 N–H and O–H groups in total. The normalized spacial score (nSPS) is 13.6. The Hall–Kier alpha value is -1.26. The van der Waals surface area contributed by atoms with Crippen LogP contribution in [0.15, 0.2) is 18.2 Å². The summed E-state index contributed by atoms with van der Waals surface area (Å²) in [4.78, 5) is 6.03. The fourth-order valence-corrected chi connectivity index (χ4v) is 3.55. The maximum atomic E-state index is 5.88. The summed E-state index contributed by atoms with van der Waals surface area (Å²) in [5, 5.41) is 4.46. The summed E-state index contributed by atoms with van der Waals surface area (Å²) in [7, 11) is 0. The molecular formula is C16H21ClN2OS. The van der Waals surface area contributed by atoms with Crippen LogP contribution >= 0.6 is 23.7 Å². The third kappa shape index (κ3) is 4.11. The van der Waals surface area contributed by atoms with Crippen LogP contribution in [0, 0.1) is 13.8 Å². The monoisotopic (exact) mass is 324 g/mol. The SMILES string of the molecule is Cc1cc(C)cc(OCc2nc3c(s2)CCCCN3)c1.Cl. The van der Waals surface area contributed by atoms with Gasteiger partial charge in [-0.2, -0.15) is 0 Å². The van der Waals surface area contributed by atoms with Gasteiger partial charge in [0, 0.05) is 11.4 Å². The second-order valence-corrected chi connectivity index (χ2v) is 6.54. The van der Waals surface area contributed by atoms with Crippen molar-refractivity contribution >= 4 is 29.6 Å². The van der Waals surface area contributed by atoms with Gasteiger partial charge in [0.1, 0.15) is 23.2 Å². The molecule has 114 valence electrons. The van der Waals surface area contributed by atoms with Crippen LogP contribution in [0.2, 0.25) is 0 Å². The van der Waals surface area contributed by atoms with Gasteiger partial charge < -0.3 is 10.1 Å². The summed E-state index contributed by atoms with van der Waals surface area (Å²) in [5.74, 6) is 2.01. The Morgan fingerprint density at radius 1 is 1.19 bits per heavy atom. The summed E-state index contributed by atoms with van der Waals surface area (Å²) >= 11 is 1.78. The zero-order valence-electron chi connectivity index (χ0n) is 12.4. The third-order valence-electron chi connectivity index (χ3n) is 3.42. The molecule has 3 rings (SSSR count). The second kappa shape index (κ2) is 7.14. The van der Waals surface area contributed by atoms with E-state index >= 15 is 0 Å². The van der Waals surface area contributed by atoms with Crippen molar-refractivity contribution in [3.63, 3.8) is 0 Å². The molecule has 0 aliphatic carbocycles. The second-order valence-electron chi connectivity index (χ2n) is 5.38. The number of rotatable bonds is 3. The lowest BCUT2D eigenvalue weighted by atomic mass is 10.1. The van der Waals surface area contributed by atoms with E-state index in [1.807, 2.05) is 0 Å². The standard InChI is InChI=1S/C16H20N2OS.ClH/c1-11-7-12(2)9-13(8-11)19-10-15-18-16-14(20-15)5-3-4-6-17-16;/h7-9,17H,3-6,10H2,1-2H3;1H. The van der Waals surface area contributed by atoms with Gasteiger partial charge in [0.05, 0.1) is 0 Å². The number of anilines is 1. The molecule has 0 bridgehead atoms. The zero-order valence-corrected chi connectivity index (χ0v) is 14.1. The van der Waals surface area contributed by atoms with Gasteiger partial charge in [-0.1, -0.05) is 6.07 Å². The number of aromatic nitrogens is 1. The van der Waals surface area contributed by atoms with E-state index in [1.54, 1.807) is 11.3 Å². The number of aryl methyl sites for hydroxylation is 3. The Morgan fingerprint density at radius 3 is 2.71 bits per heavy atom. The fourth-order valence-electron chi connectivity index (χ4n) is 2.55. The number of fused-ring (bicyclic) bond motifs is 1. The highest BCUT2D eigenvalue weighted by molar-refractivity contribution is 7.12. The minimum absolute atomic E-state index is 0. The number of halogens is 1. The Labute approximate surface area is 136 Å². The van der Waals surface area contributed by atoms with Gasteiger partial charge in [-0.25, -0.2) is 4.98 Å². The molecule has 5 heteroatoms. The Bertz CT molecular complexity index is 569. The molecule has 0 amide bonds. The van der Waals surface area contributed by atoms with Gasteiger partial charge in [-0.3, -0.25) is 0 Å². The summed E-state index contributed by atoms with van der Waals surface area (Å²) < 4.78 is 5.88. The molecule has 2 aromatic rings. The summed E-state index contributed by atoms with van der Waals surface area (Å²) in [6, 6.07) is 6.30. The molecule has 2 heterocycles. The van der Waals surface area contributed by atoms with Gasteiger partial charge in [0.25, 0.3) is 0 Å². The van der Waals surface area contributed by atoms with Crippen molar-refractivity contribution in [2.45, 2.75) is 39.7 Å². The minimum atomic E-state index is 0. The predicted octanol–water partition coefficient (Wildman–Crippen LogP) is 4.51. The molecule has 1 aromatic carbocycles. The first-order valence-corrected chi connectivity index (χ1v) is 7.96. The first kappa shape index (κ1) is 16.1. The highest BCUT2D eigenvalue weighted by Gasteiger charge is 2.13. The van der Waals surface area contributed by atoms with Crippen molar-refractivity contribution in [2.75, 3.05) is 11.9 Å². The van der Waals surface area contributed by atoms with E-state index in [9.17, 15) is 0 Å². The van der Waals surface area contributed by atoms with Crippen molar-refractivity contribution < 1.29 is 4.74 Å². The van der Waals surface area contributed by atoms with Crippen LogP contribution in [0.1, 0.15) is 33.9 Å². The largest absolute Gasteiger partial charge is 0.486 e. The van der Waals surface area contributed by atoms with Crippen LogP contribution in [0.25, 0.3) is 0 Å². The lowest BCUT2D eigenvalue weighted by Crippen LogP contribution is -2.01. The fraction of sp³-hybridized carbons (Fsp3) is 0.438. The highest BCUT2D eigenvalue weighted by atomic mass is 35.5. The molecule has 1 aliphatic rings. The Kier molecular flexibility index (Phi) is 5.48. The molecule has 0 radical (unpaired) electrons. The lowest BCUT2D eigenvalue weighted by molar-refractivity contribution is 0.305. The van der Waals surface area contributed by atoms with Gasteiger partial charge in [-0.15, -0.1) is 23.7 Å². The van der Waals surface area contributed by atoms with Gasteiger partial charge in [-0.05, 0) is 56.4 Å². The van der Waals surface area contributed by atoms with Crippen molar-refractivity contribution in [3.05, 3.63) is 39.2 Å². The van der Waals surface area contributed by atoms with E-state index in [1.165, 1.54) is 28.8 Å².